The Morgan fingerprint density at radius 2 is 1.52 bits per heavy atom. The van der Waals surface area contributed by atoms with Crippen LogP contribution in [0.25, 0.3) is 11.6 Å². The van der Waals surface area contributed by atoms with Crippen LogP contribution in [0.5, 0.6) is 0 Å². The van der Waals surface area contributed by atoms with Crippen LogP contribution in [-0.4, -0.2) is 14.1 Å². The molecule has 112 valence electrons. The lowest BCUT2D eigenvalue weighted by Gasteiger charge is -2.11. The van der Waals surface area contributed by atoms with Gasteiger partial charge < -0.3 is 4.90 Å². The van der Waals surface area contributed by atoms with Gasteiger partial charge in [-0.05, 0) is 23.3 Å². The van der Waals surface area contributed by atoms with Gasteiger partial charge in [0, 0.05) is 25.4 Å². The number of anilines is 1. The van der Waals surface area contributed by atoms with E-state index in [0.29, 0.717) is 5.57 Å². The molecule has 0 saturated heterocycles. The van der Waals surface area contributed by atoms with E-state index in [0.717, 1.165) is 16.8 Å². The van der Waals surface area contributed by atoms with E-state index < -0.39 is 0 Å². The summed E-state index contributed by atoms with van der Waals surface area (Å²) in [6.07, 6.45) is 3.73. The number of hydrogen-bond donors (Lipinski definition) is 0. The first-order valence-corrected chi connectivity index (χ1v) is 7.21. The summed E-state index contributed by atoms with van der Waals surface area (Å²) in [5, 5.41) is 18.4. The lowest BCUT2D eigenvalue weighted by Crippen LogP contribution is -2.07. The summed E-state index contributed by atoms with van der Waals surface area (Å²) >= 11 is 0. The second kappa shape index (κ2) is 7.64. The third-order valence-corrected chi connectivity index (χ3v) is 3.43. The molecule has 0 amide bonds. The summed E-state index contributed by atoms with van der Waals surface area (Å²) in [7, 11) is 3.99. The van der Waals surface area contributed by atoms with Crippen LogP contribution in [0.2, 0.25) is 0 Å². The smallest absolute Gasteiger partial charge is 0.137 e. The number of hydrogen-bond acceptors (Lipinski definition) is 3. The van der Waals surface area contributed by atoms with Crippen LogP contribution in [0.3, 0.4) is 0 Å². The molecule has 0 radical (unpaired) electrons. The minimum Gasteiger partial charge on any atom is -0.378 e. The molecule has 0 aliphatic rings. The molecule has 0 atom stereocenters. The van der Waals surface area contributed by atoms with Gasteiger partial charge in [0.2, 0.25) is 0 Å². The maximum absolute atomic E-state index is 9.18. The molecule has 0 aliphatic carbocycles. The van der Waals surface area contributed by atoms with Gasteiger partial charge in [-0.1, -0.05) is 54.6 Å². The quantitative estimate of drug-likeness (QED) is 0.626. The van der Waals surface area contributed by atoms with Crippen LogP contribution in [0.15, 0.2) is 66.2 Å². The number of rotatable bonds is 4. The Hall–Kier alpha value is -3.30. The van der Waals surface area contributed by atoms with E-state index in [9.17, 15) is 10.5 Å². The Balaban J connectivity index is 2.38. The molecule has 3 heteroatoms. The Morgan fingerprint density at radius 1 is 0.913 bits per heavy atom. The summed E-state index contributed by atoms with van der Waals surface area (Å²) in [6, 6.07) is 21.5. The molecule has 0 bridgehead atoms. The van der Waals surface area contributed by atoms with Crippen molar-refractivity contribution in [1.29, 1.82) is 10.5 Å². The van der Waals surface area contributed by atoms with Crippen LogP contribution < -0.4 is 4.90 Å². The van der Waals surface area contributed by atoms with Crippen molar-refractivity contribution in [2.45, 2.75) is 0 Å². The van der Waals surface area contributed by atoms with Crippen molar-refractivity contribution in [1.82, 2.24) is 0 Å². The van der Waals surface area contributed by atoms with Gasteiger partial charge in [0.25, 0.3) is 0 Å². The Kier molecular flexibility index (Phi) is 5.34. The summed E-state index contributed by atoms with van der Waals surface area (Å²) in [5.74, 6) is 0. The molecule has 0 N–H and O–H groups in total. The summed E-state index contributed by atoms with van der Waals surface area (Å²) in [6.45, 7) is 0. The highest BCUT2D eigenvalue weighted by Gasteiger charge is 2.05. The molecule has 2 aromatic carbocycles. The maximum Gasteiger partial charge on any atom is 0.137 e. The molecule has 0 saturated carbocycles. The van der Waals surface area contributed by atoms with Crippen molar-refractivity contribution < 1.29 is 0 Å². The Morgan fingerprint density at radius 3 is 2.04 bits per heavy atom. The predicted octanol–water partition coefficient (Wildman–Crippen LogP) is 4.27. The fraction of sp³-hybridized carbons (Fsp3) is 0.100. The van der Waals surface area contributed by atoms with Crippen LogP contribution in [0.4, 0.5) is 5.69 Å². The monoisotopic (exact) mass is 299 g/mol. The van der Waals surface area contributed by atoms with Crippen molar-refractivity contribution >= 4 is 17.3 Å². The van der Waals surface area contributed by atoms with E-state index >= 15 is 0 Å². The van der Waals surface area contributed by atoms with Crippen molar-refractivity contribution in [3.63, 3.8) is 0 Å². The zero-order valence-corrected chi connectivity index (χ0v) is 13.2. The van der Waals surface area contributed by atoms with E-state index in [2.05, 4.69) is 0 Å². The summed E-state index contributed by atoms with van der Waals surface area (Å²) < 4.78 is 0. The third-order valence-electron chi connectivity index (χ3n) is 3.43. The normalized spacial score (nSPS) is 9.91. The lowest BCUT2D eigenvalue weighted by molar-refractivity contribution is 1.13. The van der Waals surface area contributed by atoms with Crippen molar-refractivity contribution in [2.75, 3.05) is 19.0 Å². The molecule has 0 spiro atoms. The molecule has 0 fully saturated rings. The van der Waals surface area contributed by atoms with E-state index in [-0.39, 0.29) is 5.57 Å². The molecule has 2 aromatic rings. The van der Waals surface area contributed by atoms with Crippen molar-refractivity contribution in [3.05, 3.63) is 77.4 Å². The molecule has 0 aromatic heterocycles. The largest absolute Gasteiger partial charge is 0.378 e. The molecular formula is C20H17N3. The number of benzene rings is 2. The molecule has 0 heterocycles. The van der Waals surface area contributed by atoms with Crippen LogP contribution in [0.1, 0.15) is 11.1 Å². The average molecular weight is 299 g/mol. The second-order valence-corrected chi connectivity index (χ2v) is 5.20. The van der Waals surface area contributed by atoms with E-state index in [1.807, 2.05) is 97.9 Å². The second-order valence-electron chi connectivity index (χ2n) is 5.20. The summed E-state index contributed by atoms with van der Waals surface area (Å²) in [5.41, 5.74) is 3.73. The topological polar surface area (TPSA) is 50.8 Å². The van der Waals surface area contributed by atoms with Gasteiger partial charge in [-0.2, -0.15) is 10.5 Å². The van der Waals surface area contributed by atoms with Gasteiger partial charge in [0.05, 0.1) is 0 Å². The Bertz CT molecular complexity index is 783. The van der Waals surface area contributed by atoms with Crippen molar-refractivity contribution in [2.24, 2.45) is 0 Å². The first-order valence-electron chi connectivity index (χ1n) is 7.21. The van der Waals surface area contributed by atoms with Crippen LogP contribution in [-0.2, 0) is 0 Å². The average Bonchev–Trinajstić information content (AvgIpc) is 2.59. The minimum atomic E-state index is 0.109. The molecule has 0 aliphatic heterocycles. The highest BCUT2D eigenvalue weighted by Crippen LogP contribution is 2.22. The van der Waals surface area contributed by atoms with Gasteiger partial charge >= 0.3 is 0 Å². The molecule has 3 nitrogen and oxygen atoms in total. The van der Waals surface area contributed by atoms with E-state index in [4.69, 9.17) is 0 Å². The van der Waals surface area contributed by atoms with Gasteiger partial charge in [-0.3, -0.25) is 0 Å². The lowest BCUT2D eigenvalue weighted by atomic mass is 9.99. The van der Waals surface area contributed by atoms with Crippen molar-refractivity contribution in [3.8, 4) is 12.1 Å². The fourth-order valence-corrected chi connectivity index (χ4v) is 2.15. The molecule has 0 unspecified atom stereocenters. The SMILES string of the molecule is CN(C)c1ccc(/C=C/C(=C(C#N)C#N)c2ccccc2)cc1. The third kappa shape index (κ3) is 4.09. The zero-order chi connectivity index (χ0) is 16.7. The molecule has 23 heavy (non-hydrogen) atoms. The van der Waals surface area contributed by atoms with Gasteiger partial charge in [0.1, 0.15) is 17.7 Å². The number of allylic oxidation sites excluding steroid dienone is 3. The predicted molar refractivity (Wildman–Crippen MR) is 94.4 cm³/mol. The van der Waals surface area contributed by atoms with E-state index in [1.165, 1.54) is 0 Å². The van der Waals surface area contributed by atoms with Gasteiger partial charge in [-0.15, -0.1) is 0 Å². The first kappa shape index (κ1) is 16.1. The minimum absolute atomic E-state index is 0.109. The first-order chi connectivity index (χ1) is 11.2. The molecule has 2 rings (SSSR count). The van der Waals surface area contributed by atoms with E-state index in [1.54, 1.807) is 0 Å². The standard InChI is InChI=1S/C20H17N3/c1-23(2)19-11-8-16(9-12-19)10-13-20(18(14-21)15-22)17-6-4-3-5-7-17/h3-13H,1-2H3/b13-10+. The number of nitrogens with zero attached hydrogens (tertiary/aromatic N) is 3. The zero-order valence-electron chi connectivity index (χ0n) is 13.2. The maximum atomic E-state index is 9.18. The highest BCUT2D eigenvalue weighted by atomic mass is 15.1. The van der Waals surface area contributed by atoms with Gasteiger partial charge in [0.15, 0.2) is 0 Å². The fourth-order valence-electron chi connectivity index (χ4n) is 2.15. The Labute approximate surface area is 137 Å². The number of nitriles is 2. The van der Waals surface area contributed by atoms with Crippen LogP contribution in [0, 0.1) is 22.7 Å². The summed E-state index contributed by atoms with van der Waals surface area (Å²) in [4.78, 5) is 2.03. The van der Waals surface area contributed by atoms with Crippen LogP contribution >= 0.6 is 0 Å². The highest BCUT2D eigenvalue weighted by molar-refractivity contribution is 5.85. The van der Waals surface area contributed by atoms with Gasteiger partial charge in [-0.25, -0.2) is 0 Å². The molecular weight excluding hydrogens is 282 g/mol.